The predicted octanol–water partition coefficient (Wildman–Crippen LogP) is 4.03. The summed E-state index contributed by atoms with van der Waals surface area (Å²) in [7, 11) is 0. The molecular formula is C37H67NO16S2. The molecule has 0 aliphatic rings. The van der Waals surface area contributed by atoms with Gasteiger partial charge in [-0.3, -0.25) is 19.2 Å². The number of hydrogen-bond acceptors (Lipinski definition) is 17. The maximum Gasteiger partial charge on any atom is 0.305 e. The number of carboxylic acids is 1. The molecule has 0 rings (SSSR count). The molecule has 0 spiro atoms. The topological polar surface area (TPSA) is 187 Å². The fourth-order valence-electron chi connectivity index (χ4n) is 4.00. The SMILES string of the molecule is [C-]#[N+]C(C)(CCC(=O)CCCOCCOCCOCCOCCOCCOCCOCCOCCOCCOCCOCCOCCC(=O)O)SC(=O)SCC. The molecule has 0 aliphatic heterocycles. The molecule has 0 aliphatic carbocycles. The number of ketones is 1. The molecule has 0 saturated heterocycles. The second-order valence-electron chi connectivity index (χ2n) is 11.7. The first-order valence-corrected chi connectivity index (χ1v) is 21.0. The van der Waals surface area contributed by atoms with Crippen molar-refractivity contribution in [1.82, 2.24) is 0 Å². The van der Waals surface area contributed by atoms with Crippen molar-refractivity contribution in [3.63, 3.8) is 0 Å². The monoisotopic (exact) mass is 845 g/mol. The van der Waals surface area contributed by atoms with Gasteiger partial charge >= 0.3 is 5.97 Å². The van der Waals surface area contributed by atoms with Crippen molar-refractivity contribution in [2.45, 2.75) is 50.8 Å². The van der Waals surface area contributed by atoms with E-state index < -0.39 is 10.8 Å². The van der Waals surface area contributed by atoms with Gasteiger partial charge in [0.15, 0.2) is 0 Å². The molecule has 19 heteroatoms. The van der Waals surface area contributed by atoms with Crippen molar-refractivity contribution in [3.05, 3.63) is 11.4 Å². The second kappa shape index (κ2) is 43.1. The molecule has 0 fully saturated rings. The number of ether oxygens (including phenoxy) is 12. The van der Waals surface area contributed by atoms with Crippen LogP contribution in [0.25, 0.3) is 4.85 Å². The lowest BCUT2D eigenvalue weighted by Gasteiger charge is -2.14. The minimum absolute atomic E-state index is 0.00978. The van der Waals surface area contributed by atoms with E-state index in [2.05, 4.69) is 4.85 Å². The number of rotatable bonds is 45. The highest BCUT2D eigenvalue weighted by molar-refractivity contribution is 8.39. The third-order valence-electron chi connectivity index (χ3n) is 6.97. The van der Waals surface area contributed by atoms with E-state index in [0.717, 1.165) is 11.8 Å². The van der Waals surface area contributed by atoms with Crippen LogP contribution in [0.1, 0.15) is 46.0 Å². The molecule has 1 atom stereocenters. The molecule has 0 heterocycles. The Labute approximate surface area is 341 Å². The molecule has 1 N–H and O–H groups in total. The predicted molar refractivity (Wildman–Crippen MR) is 212 cm³/mol. The van der Waals surface area contributed by atoms with Crippen LogP contribution in [0.5, 0.6) is 0 Å². The Bertz CT molecular complexity index is 964. The van der Waals surface area contributed by atoms with E-state index in [0.29, 0.717) is 177 Å². The normalized spacial score (nSPS) is 12.4. The van der Waals surface area contributed by atoms with Gasteiger partial charge in [0.25, 0.3) is 9.32 Å². The quantitative estimate of drug-likeness (QED) is 0.0683. The van der Waals surface area contributed by atoms with Crippen LogP contribution in [-0.4, -0.2) is 190 Å². The number of carbonyl (C=O) groups excluding carboxylic acids is 2. The fraction of sp³-hybridized carbons (Fsp3) is 0.892. The average Bonchev–Trinajstić information content (AvgIpc) is 3.18. The van der Waals surface area contributed by atoms with Crippen molar-refractivity contribution in [2.75, 3.05) is 164 Å². The first kappa shape index (κ1) is 54.5. The van der Waals surface area contributed by atoms with Crippen LogP contribution in [0.3, 0.4) is 0 Å². The Hall–Kier alpha value is -1.48. The standard InChI is InChI=1S/C37H67NO16S2/c1-4-55-36(42)56-37(2,38-3)9-7-34(39)6-5-10-43-12-14-45-16-18-47-20-22-49-24-26-51-28-30-53-32-33-54-31-29-52-27-25-50-23-21-48-19-17-46-15-13-44-11-8-35(40)41/h4-33H2,1-2H3,(H,40,41). The van der Waals surface area contributed by atoms with Gasteiger partial charge in [0.1, 0.15) is 5.78 Å². The maximum atomic E-state index is 12.2. The van der Waals surface area contributed by atoms with E-state index in [1.165, 1.54) is 11.8 Å². The van der Waals surface area contributed by atoms with Crippen molar-refractivity contribution in [2.24, 2.45) is 0 Å². The van der Waals surface area contributed by atoms with Gasteiger partial charge in [0.2, 0.25) is 0 Å². The summed E-state index contributed by atoms with van der Waals surface area (Å²) < 4.78 is 65.0. The number of aliphatic carboxylic acids is 1. The smallest absolute Gasteiger partial charge is 0.305 e. The summed E-state index contributed by atoms with van der Waals surface area (Å²) in [4.78, 5) is 37.0. The zero-order valence-electron chi connectivity index (χ0n) is 33.5. The number of carbonyl (C=O) groups is 3. The molecular weight excluding hydrogens is 779 g/mol. The third kappa shape index (κ3) is 42.1. The molecule has 0 radical (unpaired) electrons. The lowest BCUT2D eigenvalue weighted by molar-refractivity contribution is -0.138. The second-order valence-corrected chi connectivity index (χ2v) is 14.7. The highest BCUT2D eigenvalue weighted by Crippen LogP contribution is 2.36. The van der Waals surface area contributed by atoms with Gasteiger partial charge < -0.3 is 61.9 Å². The Kier molecular flexibility index (Phi) is 42.0. The number of nitrogens with zero attached hydrogens (tertiary/aromatic N) is 1. The van der Waals surface area contributed by atoms with Gasteiger partial charge in [0, 0.05) is 44.6 Å². The van der Waals surface area contributed by atoms with Crippen LogP contribution in [0.4, 0.5) is 4.79 Å². The zero-order chi connectivity index (χ0) is 41.1. The molecule has 0 aromatic carbocycles. The Morgan fingerprint density at radius 3 is 1.09 bits per heavy atom. The molecule has 0 amide bonds. The molecule has 56 heavy (non-hydrogen) atoms. The summed E-state index contributed by atoms with van der Waals surface area (Å²) in [6.07, 6.45) is 1.63. The maximum absolute atomic E-state index is 12.2. The Morgan fingerprint density at radius 2 is 0.804 bits per heavy atom. The van der Waals surface area contributed by atoms with Gasteiger partial charge in [-0.1, -0.05) is 18.7 Å². The minimum Gasteiger partial charge on any atom is -0.481 e. The van der Waals surface area contributed by atoms with Gasteiger partial charge in [-0.2, -0.15) is 0 Å². The van der Waals surface area contributed by atoms with E-state index in [-0.39, 0.29) is 29.7 Å². The summed E-state index contributed by atoms with van der Waals surface area (Å²) in [5, 5.41) is 8.50. The summed E-state index contributed by atoms with van der Waals surface area (Å²) in [6.45, 7) is 21.6. The number of hydrogen-bond donors (Lipinski definition) is 1. The van der Waals surface area contributed by atoms with Crippen LogP contribution in [0.15, 0.2) is 0 Å². The number of Topliss-reactive ketones (excluding diaryl/α,β-unsaturated/α-hetero) is 1. The Morgan fingerprint density at radius 1 is 0.500 bits per heavy atom. The first-order chi connectivity index (χ1) is 27.3. The molecule has 328 valence electrons. The van der Waals surface area contributed by atoms with E-state index in [1.54, 1.807) is 6.92 Å². The van der Waals surface area contributed by atoms with Crippen LogP contribution in [0.2, 0.25) is 0 Å². The number of carboxylic acid groups (broad SMARTS) is 1. The lowest BCUT2D eigenvalue weighted by atomic mass is 10.1. The summed E-state index contributed by atoms with van der Waals surface area (Å²) in [5.74, 6) is -0.139. The highest BCUT2D eigenvalue weighted by atomic mass is 32.2. The summed E-state index contributed by atoms with van der Waals surface area (Å²) in [5.41, 5.74) is 0. The van der Waals surface area contributed by atoms with E-state index in [4.69, 9.17) is 68.5 Å². The molecule has 0 saturated carbocycles. The molecule has 1 unspecified atom stereocenters. The van der Waals surface area contributed by atoms with Crippen molar-refractivity contribution in [1.29, 1.82) is 0 Å². The number of thioether (sulfide) groups is 2. The van der Waals surface area contributed by atoms with Gasteiger partial charge in [0.05, 0.1) is 158 Å². The van der Waals surface area contributed by atoms with Crippen molar-refractivity contribution < 1.29 is 76.3 Å². The summed E-state index contributed by atoms with van der Waals surface area (Å²) >= 11 is 2.20. The van der Waals surface area contributed by atoms with E-state index in [1.807, 2.05) is 6.92 Å². The third-order valence-corrected chi connectivity index (χ3v) is 9.00. The largest absolute Gasteiger partial charge is 0.481 e. The van der Waals surface area contributed by atoms with Crippen LogP contribution >= 0.6 is 23.5 Å². The minimum atomic E-state index is -0.897. The van der Waals surface area contributed by atoms with Gasteiger partial charge in [-0.05, 0) is 12.2 Å². The van der Waals surface area contributed by atoms with Crippen molar-refractivity contribution in [3.8, 4) is 0 Å². The highest BCUT2D eigenvalue weighted by Gasteiger charge is 2.35. The van der Waals surface area contributed by atoms with Gasteiger partial charge in [-0.15, -0.1) is 0 Å². The van der Waals surface area contributed by atoms with Crippen molar-refractivity contribution >= 4 is 39.7 Å². The van der Waals surface area contributed by atoms with Gasteiger partial charge in [-0.25, -0.2) is 6.57 Å². The fourth-order valence-corrected chi connectivity index (χ4v) is 5.98. The molecule has 17 nitrogen and oxygen atoms in total. The van der Waals surface area contributed by atoms with Crippen LogP contribution in [0, 0.1) is 6.57 Å². The first-order valence-electron chi connectivity index (χ1n) is 19.2. The lowest BCUT2D eigenvalue weighted by Crippen LogP contribution is -2.18. The average molecular weight is 846 g/mol. The van der Waals surface area contributed by atoms with E-state index in [9.17, 15) is 14.4 Å². The van der Waals surface area contributed by atoms with Crippen LogP contribution in [-0.2, 0) is 66.4 Å². The molecule has 0 aromatic rings. The van der Waals surface area contributed by atoms with E-state index >= 15 is 0 Å². The molecule has 0 bridgehead atoms. The Balaban J connectivity index is 3.23. The zero-order valence-corrected chi connectivity index (χ0v) is 35.2. The van der Waals surface area contributed by atoms with Crippen LogP contribution < -0.4 is 0 Å². The summed E-state index contributed by atoms with van der Waals surface area (Å²) in [6, 6.07) is 0. The molecule has 0 aromatic heterocycles.